The third-order valence-corrected chi connectivity index (χ3v) is 5.20. The van der Waals surface area contributed by atoms with Crippen LogP contribution in [0.5, 0.6) is 5.75 Å². The number of likely N-dealkylation sites (tertiary alicyclic amines) is 1. The Balaban J connectivity index is 1.58. The van der Waals surface area contributed by atoms with Gasteiger partial charge in [0.15, 0.2) is 0 Å². The lowest BCUT2D eigenvalue weighted by Gasteiger charge is -2.33. The number of rotatable bonds is 3. The number of aromatic hydroxyl groups is 1. The molecule has 0 radical (unpaired) electrons. The number of hydrogen-bond acceptors (Lipinski definition) is 6. The molecule has 8 heteroatoms. The highest BCUT2D eigenvalue weighted by atomic mass is 16.6. The minimum absolute atomic E-state index is 0.151. The fraction of sp³-hybridized carbons (Fsp3) is 0.571. The number of anilines is 1. The number of amides is 3. The molecule has 0 aliphatic carbocycles. The number of piperidine rings is 2. The van der Waals surface area contributed by atoms with Gasteiger partial charge in [-0.25, -0.2) is 4.79 Å². The molecular formula is C21H29N3O5. The minimum Gasteiger partial charge on any atom is -0.508 e. The summed E-state index contributed by atoms with van der Waals surface area (Å²) in [6, 6.07) is 4.81. The highest BCUT2D eigenvalue weighted by Crippen LogP contribution is 2.35. The number of nitrogens with zero attached hydrogens (tertiary/aromatic N) is 1. The summed E-state index contributed by atoms with van der Waals surface area (Å²) in [4.78, 5) is 37.0. The number of carbonyl (C=O) groups excluding carboxylic acids is 3. The Morgan fingerprint density at radius 2 is 1.90 bits per heavy atom. The van der Waals surface area contributed by atoms with Crippen molar-refractivity contribution < 1.29 is 24.2 Å². The summed E-state index contributed by atoms with van der Waals surface area (Å²) in [6.07, 6.45) is 1.91. The number of hydrogen-bond donors (Lipinski definition) is 3. The quantitative estimate of drug-likeness (QED) is 0.670. The molecule has 0 spiro atoms. The lowest BCUT2D eigenvalue weighted by Crippen LogP contribution is -2.47. The van der Waals surface area contributed by atoms with Gasteiger partial charge in [-0.15, -0.1) is 0 Å². The number of phenolic OH excluding ortho intramolecular Hbond substituents is 1. The molecular weight excluding hydrogens is 374 g/mol. The van der Waals surface area contributed by atoms with Gasteiger partial charge in [0.25, 0.3) is 0 Å². The van der Waals surface area contributed by atoms with E-state index in [9.17, 15) is 19.5 Å². The van der Waals surface area contributed by atoms with Gasteiger partial charge in [-0.05, 0) is 57.6 Å². The van der Waals surface area contributed by atoms with Crippen molar-refractivity contribution in [2.45, 2.75) is 64.0 Å². The van der Waals surface area contributed by atoms with Crippen LogP contribution in [-0.4, -0.2) is 52.6 Å². The summed E-state index contributed by atoms with van der Waals surface area (Å²) in [5.41, 5.74) is 0.951. The van der Waals surface area contributed by atoms with Crippen molar-refractivity contribution in [3.05, 3.63) is 23.8 Å². The van der Waals surface area contributed by atoms with Gasteiger partial charge >= 0.3 is 6.09 Å². The molecule has 3 N–H and O–H groups in total. The van der Waals surface area contributed by atoms with Crippen molar-refractivity contribution in [1.29, 1.82) is 0 Å². The molecule has 1 aromatic carbocycles. The average molecular weight is 403 g/mol. The van der Waals surface area contributed by atoms with E-state index in [1.165, 1.54) is 0 Å². The van der Waals surface area contributed by atoms with Crippen LogP contribution in [0.1, 0.15) is 57.9 Å². The van der Waals surface area contributed by atoms with Crippen LogP contribution in [0.3, 0.4) is 0 Å². The average Bonchev–Trinajstić information content (AvgIpc) is 2.63. The monoisotopic (exact) mass is 403 g/mol. The number of phenols is 1. The van der Waals surface area contributed by atoms with E-state index in [0.717, 1.165) is 18.4 Å². The Labute approximate surface area is 170 Å². The molecule has 2 saturated heterocycles. The van der Waals surface area contributed by atoms with Gasteiger partial charge in [0.1, 0.15) is 17.4 Å². The van der Waals surface area contributed by atoms with Crippen molar-refractivity contribution >= 4 is 23.6 Å². The summed E-state index contributed by atoms with van der Waals surface area (Å²) in [5, 5.41) is 15.9. The number of nitrogens with one attached hydrogen (secondary N) is 2. The molecule has 2 aliphatic rings. The molecule has 0 bridgehead atoms. The lowest BCUT2D eigenvalue weighted by molar-refractivity contribution is -0.133. The van der Waals surface area contributed by atoms with Crippen molar-refractivity contribution in [3.8, 4) is 5.75 Å². The van der Waals surface area contributed by atoms with E-state index in [1.54, 1.807) is 11.0 Å². The summed E-state index contributed by atoms with van der Waals surface area (Å²) in [5.74, 6) is -0.292. The molecule has 1 aromatic rings. The summed E-state index contributed by atoms with van der Waals surface area (Å²) >= 11 is 0. The van der Waals surface area contributed by atoms with Crippen LogP contribution in [0.15, 0.2) is 18.2 Å². The predicted octanol–water partition coefficient (Wildman–Crippen LogP) is 2.72. The Kier molecular flexibility index (Phi) is 6.00. The molecule has 29 heavy (non-hydrogen) atoms. The van der Waals surface area contributed by atoms with Gasteiger partial charge in [0, 0.05) is 31.3 Å². The molecule has 2 fully saturated rings. The van der Waals surface area contributed by atoms with Crippen LogP contribution in [0.25, 0.3) is 0 Å². The fourth-order valence-corrected chi connectivity index (χ4v) is 3.71. The summed E-state index contributed by atoms with van der Waals surface area (Å²) < 4.78 is 5.42. The van der Waals surface area contributed by atoms with Crippen molar-refractivity contribution in [2.75, 3.05) is 18.4 Å². The SMILES string of the molecule is CC(C)(C)OC(=O)N1CCC(c2ccc(NC3CCC(=O)NC3=O)cc2O)CC1. The Hall–Kier alpha value is -2.77. The highest BCUT2D eigenvalue weighted by Gasteiger charge is 2.29. The van der Waals surface area contributed by atoms with Crippen LogP contribution in [-0.2, 0) is 14.3 Å². The molecule has 158 valence electrons. The highest BCUT2D eigenvalue weighted by molar-refractivity contribution is 6.01. The number of carbonyl (C=O) groups is 3. The van der Waals surface area contributed by atoms with Crippen LogP contribution in [0, 0.1) is 0 Å². The first-order chi connectivity index (χ1) is 13.6. The Bertz CT molecular complexity index is 794. The Morgan fingerprint density at radius 3 is 2.48 bits per heavy atom. The van der Waals surface area contributed by atoms with Crippen LogP contribution < -0.4 is 10.6 Å². The van der Waals surface area contributed by atoms with Gasteiger partial charge in [0.05, 0.1) is 0 Å². The normalized spacial score (nSPS) is 20.9. The van der Waals surface area contributed by atoms with E-state index in [2.05, 4.69) is 10.6 Å². The predicted molar refractivity (Wildman–Crippen MR) is 108 cm³/mol. The number of benzene rings is 1. The third-order valence-electron chi connectivity index (χ3n) is 5.20. The second-order valence-electron chi connectivity index (χ2n) is 8.66. The van der Waals surface area contributed by atoms with Gasteiger partial charge in [-0.2, -0.15) is 0 Å². The second-order valence-corrected chi connectivity index (χ2v) is 8.66. The van der Waals surface area contributed by atoms with Crippen LogP contribution >= 0.6 is 0 Å². The van der Waals surface area contributed by atoms with E-state index >= 15 is 0 Å². The van der Waals surface area contributed by atoms with Crippen LogP contribution in [0.2, 0.25) is 0 Å². The molecule has 0 aromatic heterocycles. The Morgan fingerprint density at radius 1 is 1.21 bits per heavy atom. The fourth-order valence-electron chi connectivity index (χ4n) is 3.71. The first-order valence-electron chi connectivity index (χ1n) is 10.0. The number of ether oxygens (including phenoxy) is 1. The smallest absolute Gasteiger partial charge is 0.410 e. The maximum absolute atomic E-state index is 12.2. The largest absolute Gasteiger partial charge is 0.508 e. The lowest BCUT2D eigenvalue weighted by atomic mass is 9.88. The minimum atomic E-state index is -0.516. The van der Waals surface area contributed by atoms with E-state index in [-0.39, 0.29) is 29.6 Å². The van der Waals surface area contributed by atoms with Crippen molar-refractivity contribution in [1.82, 2.24) is 10.2 Å². The van der Waals surface area contributed by atoms with Crippen LogP contribution in [0.4, 0.5) is 10.5 Å². The van der Waals surface area contributed by atoms with Crippen molar-refractivity contribution in [2.24, 2.45) is 0 Å². The second kappa shape index (κ2) is 8.31. The zero-order chi connectivity index (χ0) is 21.2. The van der Waals surface area contributed by atoms with E-state index in [0.29, 0.717) is 31.6 Å². The first-order valence-corrected chi connectivity index (χ1v) is 10.0. The maximum atomic E-state index is 12.2. The maximum Gasteiger partial charge on any atom is 0.410 e. The molecule has 3 rings (SSSR count). The van der Waals surface area contributed by atoms with Gasteiger partial charge in [-0.1, -0.05) is 6.07 Å². The zero-order valence-corrected chi connectivity index (χ0v) is 17.2. The third kappa shape index (κ3) is 5.40. The van der Waals surface area contributed by atoms with E-state index < -0.39 is 11.6 Å². The number of imide groups is 1. The zero-order valence-electron chi connectivity index (χ0n) is 17.2. The molecule has 0 saturated carbocycles. The van der Waals surface area contributed by atoms with Crippen molar-refractivity contribution in [3.63, 3.8) is 0 Å². The van der Waals surface area contributed by atoms with Gasteiger partial charge < -0.3 is 20.1 Å². The molecule has 1 atom stereocenters. The summed E-state index contributed by atoms with van der Waals surface area (Å²) in [6.45, 7) is 6.70. The molecule has 2 aliphatic heterocycles. The molecule has 2 heterocycles. The van der Waals surface area contributed by atoms with Gasteiger partial charge in [0.2, 0.25) is 11.8 Å². The van der Waals surface area contributed by atoms with E-state index in [4.69, 9.17) is 4.74 Å². The van der Waals surface area contributed by atoms with Gasteiger partial charge in [-0.3, -0.25) is 14.9 Å². The molecule has 1 unspecified atom stereocenters. The molecule has 8 nitrogen and oxygen atoms in total. The standard InChI is InChI=1S/C21H29N3O5/c1-21(2,3)29-20(28)24-10-8-13(9-11-24)15-5-4-14(12-17(15)25)22-16-6-7-18(26)23-19(16)27/h4-5,12-13,16,22,25H,6-11H2,1-3H3,(H,23,26,27). The molecule has 3 amide bonds. The first kappa shape index (κ1) is 21.0. The summed E-state index contributed by atoms with van der Waals surface area (Å²) in [7, 11) is 0. The van der Waals surface area contributed by atoms with E-state index in [1.807, 2.05) is 32.9 Å². The topological polar surface area (TPSA) is 108 Å².